The van der Waals surface area contributed by atoms with Crippen molar-refractivity contribution in [2.45, 2.75) is 69.3 Å². The van der Waals surface area contributed by atoms with Crippen molar-refractivity contribution in [2.75, 3.05) is 20.3 Å². The summed E-state index contributed by atoms with van der Waals surface area (Å²) in [5, 5.41) is 0. The van der Waals surface area contributed by atoms with Crippen LogP contribution in [-0.2, 0) is 62.6 Å². The van der Waals surface area contributed by atoms with E-state index in [0.717, 1.165) is 11.1 Å². The first-order valence-electron chi connectivity index (χ1n) is 15.4. The van der Waals surface area contributed by atoms with Crippen LogP contribution < -0.4 is 0 Å². The van der Waals surface area contributed by atoms with Gasteiger partial charge in [-0.1, -0.05) is 91.0 Å². The second kappa shape index (κ2) is 18.3. The molecule has 272 valence electrons. The highest BCUT2D eigenvalue weighted by molar-refractivity contribution is 5.95. The van der Waals surface area contributed by atoms with E-state index < -0.39 is 80.5 Å². The van der Waals surface area contributed by atoms with Crippen LogP contribution in [0.3, 0.4) is 0 Å². The molecule has 1 fully saturated rings. The second-order valence-corrected chi connectivity index (χ2v) is 11.3. The third-order valence-corrected chi connectivity index (χ3v) is 7.47. The molecule has 0 spiro atoms. The van der Waals surface area contributed by atoms with Gasteiger partial charge in [-0.15, -0.1) is 0 Å². The van der Waals surface area contributed by atoms with Gasteiger partial charge in [-0.2, -0.15) is 26.3 Å². The molecular weight excluding hydrogens is 678 g/mol. The number of benzene rings is 3. The predicted octanol–water partition coefficient (Wildman–Crippen LogP) is 6.33. The van der Waals surface area contributed by atoms with Crippen molar-refractivity contribution in [3.05, 3.63) is 108 Å². The van der Waals surface area contributed by atoms with Crippen molar-refractivity contribution in [1.29, 1.82) is 0 Å². The molecule has 3 aromatic carbocycles. The molecule has 3 aromatic rings. The van der Waals surface area contributed by atoms with Gasteiger partial charge in [0.1, 0.15) is 18.3 Å². The van der Waals surface area contributed by atoms with Gasteiger partial charge in [0, 0.05) is 13.5 Å². The lowest BCUT2D eigenvalue weighted by Gasteiger charge is -2.46. The van der Waals surface area contributed by atoms with E-state index in [1.165, 1.54) is 7.11 Å². The molecule has 0 N–H and O–H groups in total. The molecule has 0 aromatic heterocycles. The number of hydrogen-bond donors (Lipinski definition) is 0. The van der Waals surface area contributed by atoms with E-state index in [0.29, 0.717) is 5.56 Å². The summed E-state index contributed by atoms with van der Waals surface area (Å²) < 4.78 is 117. The molecular formula is C35H36F6O9. The quantitative estimate of drug-likeness (QED) is 0.0958. The molecule has 0 unspecified atom stereocenters. The van der Waals surface area contributed by atoms with E-state index in [-0.39, 0.29) is 19.8 Å². The van der Waals surface area contributed by atoms with Crippen LogP contribution in [-0.4, -0.2) is 75.3 Å². The Bertz CT molecular complexity index is 1430. The molecule has 1 aliphatic heterocycles. The molecule has 15 heteroatoms. The summed E-state index contributed by atoms with van der Waals surface area (Å²) in [4.78, 5) is 25.8. The van der Waals surface area contributed by atoms with Crippen LogP contribution in [0.15, 0.2) is 91.0 Å². The Balaban J connectivity index is 1.70. The monoisotopic (exact) mass is 714 g/mol. The largest absolute Gasteiger partial charge is 0.455 e. The molecule has 0 amide bonds. The summed E-state index contributed by atoms with van der Waals surface area (Å²) in [6.45, 7) is -4.18. The highest BCUT2D eigenvalue weighted by Gasteiger charge is 2.51. The minimum Gasteiger partial charge on any atom is -0.455 e. The highest BCUT2D eigenvalue weighted by atomic mass is 19.4. The Morgan fingerprint density at radius 1 is 0.620 bits per heavy atom. The van der Waals surface area contributed by atoms with Crippen molar-refractivity contribution in [3.63, 3.8) is 0 Å². The molecule has 50 heavy (non-hydrogen) atoms. The molecule has 0 saturated carbocycles. The smallest absolute Gasteiger partial charge is 0.422 e. The van der Waals surface area contributed by atoms with Gasteiger partial charge in [0.25, 0.3) is 0 Å². The zero-order chi connectivity index (χ0) is 36.1. The molecule has 9 nitrogen and oxygen atoms in total. The minimum absolute atomic E-state index is 0.00965. The Kier molecular flexibility index (Phi) is 14.2. The maximum atomic E-state index is 12.9. The van der Waals surface area contributed by atoms with E-state index in [4.69, 9.17) is 23.7 Å². The average Bonchev–Trinajstić information content (AvgIpc) is 3.10. The number of hydrogen-bond acceptors (Lipinski definition) is 9. The lowest BCUT2D eigenvalue weighted by Crippen LogP contribution is -2.61. The van der Waals surface area contributed by atoms with Crippen LogP contribution in [0.25, 0.3) is 0 Å². The second-order valence-electron chi connectivity index (χ2n) is 11.3. The zero-order valence-electron chi connectivity index (χ0n) is 26.8. The van der Waals surface area contributed by atoms with E-state index >= 15 is 0 Å². The number of rotatable bonds is 16. The maximum Gasteiger partial charge on any atom is 0.422 e. The van der Waals surface area contributed by atoms with Gasteiger partial charge in [0.15, 0.2) is 25.4 Å². The van der Waals surface area contributed by atoms with Gasteiger partial charge >= 0.3 is 24.3 Å². The van der Waals surface area contributed by atoms with E-state index in [1.54, 1.807) is 54.6 Å². The third-order valence-electron chi connectivity index (χ3n) is 7.47. The zero-order valence-corrected chi connectivity index (χ0v) is 26.8. The summed E-state index contributed by atoms with van der Waals surface area (Å²) in [5.41, 5.74) is 2.22. The number of carbonyl (C=O) groups is 2. The lowest BCUT2D eigenvalue weighted by atomic mass is 9.90. The number of alkyl halides is 6. The molecule has 1 aliphatic rings. The molecule has 1 saturated heterocycles. The third kappa shape index (κ3) is 12.4. The summed E-state index contributed by atoms with van der Waals surface area (Å²) >= 11 is 0. The van der Waals surface area contributed by atoms with Gasteiger partial charge in [0.2, 0.25) is 0 Å². The molecule has 4 rings (SSSR count). The summed E-state index contributed by atoms with van der Waals surface area (Å²) in [5.74, 6) is -5.81. The number of esters is 2. The number of carbonyl (C=O) groups excluding carboxylic acids is 2. The van der Waals surface area contributed by atoms with Crippen molar-refractivity contribution >= 4 is 11.9 Å². The summed E-state index contributed by atoms with van der Waals surface area (Å²) in [7, 11) is 1.28. The average molecular weight is 715 g/mol. The SMILES string of the molecule is CO[C@H]1O[C@H](CC(C(=O)OCC(F)(F)F)C(=O)OCC(F)(F)F)[C@@H](OCc2ccccc2)[C@H](OCc2ccccc2)[C@@H]1OCc1ccccc1. The summed E-state index contributed by atoms with van der Waals surface area (Å²) in [6.07, 6.45) is -16.8. The van der Waals surface area contributed by atoms with Gasteiger partial charge in [0.05, 0.1) is 25.9 Å². The Hall–Kier alpha value is -4.02. The number of methoxy groups -OCH3 is 1. The molecule has 5 atom stereocenters. The normalized spacial score (nSPS) is 21.2. The Labute approximate surface area is 284 Å². The molecule has 0 radical (unpaired) electrons. The van der Waals surface area contributed by atoms with E-state index in [1.807, 2.05) is 36.4 Å². The topological polar surface area (TPSA) is 98.8 Å². The van der Waals surface area contributed by atoms with Crippen molar-refractivity contribution < 1.29 is 69.1 Å². The van der Waals surface area contributed by atoms with Crippen molar-refractivity contribution in [1.82, 2.24) is 0 Å². The Morgan fingerprint density at radius 3 is 1.38 bits per heavy atom. The van der Waals surface area contributed by atoms with Crippen molar-refractivity contribution in [2.24, 2.45) is 5.92 Å². The van der Waals surface area contributed by atoms with Gasteiger partial charge < -0.3 is 33.2 Å². The fraction of sp³-hybridized carbons (Fsp3) is 0.429. The number of ether oxygens (including phenoxy) is 7. The lowest BCUT2D eigenvalue weighted by molar-refractivity contribution is -0.319. The van der Waals surface area contributed by atoms with Crippen molar-refractivity contribution in [3.8, 4) is 0 Å². The molecule has 0 bridgehead atoms. The van der Waals surface area contributed by atoms with Crippen LogP contribution in [0.1, 0.15) is 23.1 Å². The fourth-order valence-corrected chi connectivity index (χ4v) is 5.15. The number of halogens is 6. The highest BCUT2D eigenvalue weighted by Crippen LogP contribution is 2.34. The predicted molar refractivity (Wildman–Crippen MR) is 163 cm³/mol. The van der Waals surface area contributed by atoms with Crippen LogP contribution in [0.5, 0.6) is 0 Å². The molecule has 0 aliphatic carbocycles. The van der Waals surface area contributed by atoms with E-state index in [2.05, 4.69) is 9.47 Å². The maximum absolute atomic E-state index is 12.9. The van der Waals surface area contributed by atoms with Crippen LogP contribution >= 0.6 is 0 Å². The first-order chi connectivity index (χ1) is 23.8. The van der Waals surface area contributed by atoms with Crippen LogP contribution in [0.2, 0.25) is 0 Å². The van der Waals surface area contributed by atoms with Crippen LogP contribution in [0.4, 0.5) is 26.3 Å². The summed E-state index contributed by atoms with van der Waals surface area (Å²) in [6, 6.07) is 26.9. The first kappa shape index (κ1) is 38.8. The Morgan fingerprint density at radius 2 is 1.00 bits per heavy atom. The first-order valence-corrected chi connectivity index (χ1v) is 15.4. The van der Waals surface area contributed by atoms with Crippen LogP contribution in [0, 0.1) is 5.92 Å². The van der Waals surface area contributed by atoms with Gasteiger partial charge in [-0.25, -0.2) is 0 Å². The molecule has 1 heterocycles. The van der Waals surface area contributed by atoms with Gasteiger partial charge in [-0.05, 0) is 16.7 Å². The van der Waals surface area contributed by atoms with E-state index in [9.17, 15) is 35.9 Å². The standard InChI is InChI=1S/C35H36F6O9/c1-44-33-30(47-20-25-15-9-4-10-16-25)29(46-19-24-13-7-3-8-14-24)28(45-18-23-11-5-2-6-12-23)27(50-33)17-26(31(42)48-21-34(36,37)38)32(43)49-22-35(39,40)41/h2-16,26-30,33H,17-22H2,1H3/t27-,28-,29+,30+,33+/m1/s1. The fourth-order valence-electron chi connectivity index (χ4n) is 5.15. The van der Waals surface area contributed by atoms with Gasteiger partial charge in [-0.3, -0.25) is 9.59 Å². The minimum atomic E-state index is -4.99.